The van der Waals surface area contributed by atoms with Gasteiger partial charge in [0.25, 0.3) is 0 Å². The van der Waals surface area contributed by atoms with E-state index < -0.39 is 38.3 Å². The highest BCUT2D eigenvalue weighted by atomic mass is 31.2. The average molecular weight is 779 g/mol. The molecule has 0 spiro atoms. The SMILES string of the molecule is CCCCCCCCCCCCCCCC(=O)OC[C@H](COP(=O)(O)C(C)[N+](C)(C)CCC(O)O)OC(=O)CCCCCCCCCCCCCCC. The van der Waals surface area contributed by atoms with E-state index in [9.17, 15) is 29.3 Å². The number of carbonyl (C=O) groups excluding carboxylic acids is 2. The van der Waals surface area contributed by atoms with Crippen LogP contribution in [-0.4, -0.2) is 83.6 Å². The van der Waals surface area contributed by atoms with E-state index in [0.717, 1.165) is 38.5 Å². The van der Waals surface area contributed by atoms with Crippen molar-refractivity contribution in [2.24, 2.45) is 0 Å². The Morgan fingerprint density at radius 1 is 0.585 bits per heavy atom. The summed E-state index contributed by atoms with van der Waals surface area (Å²) in [5.74, 6) is -1.71. The second kappa shape index (κ2) is 34.2. The maximum Gasteiger partial charge on any atom is 0.384 e. The molecule has 53 heavy (non-hydrogen) atoms. The molecule has 0 radical (unpaired) electrons. The van der Waals surface area contributed by atoms with Crippen molar-refractivity contribution in [1.82, 2.24) is 0 Å². The highest BCUT2D eigenvalue weighted by Crippen LogP contribution is 2.50. The van der Waals surface area contributed by atoms with Gasteiger partial charge in [-0.2, -0.15) is 0 Å². The molecule has 11 heteroatoms. The van der Waals surface area contributed by atoms with Crippen LogP contribution in [0, 0.1) is 0 Å². The number of aliphatic hydroxyl groups excluding tert-OH is 1. The zero-order valence-corrected chi connectivity index (χ0v) is 35.9. The molecule has 3 N–H and O–H groups in total. The number of aliphatic hydroxyl groups is 2. The number of quaternary nitrogens is 1. The van der Waals surface area contributed by atoms with E-state index in [-0.39, 0.29) is 42.9 Å². The first-order valence-corrected chi connectivity index (χ1v) is 23.5. The average Bonchev–Trinajstić information content (AvgIpc) is 3.12. The smallest absolute Gasteiger partial charge is 0.384 e. The second-order valence-corrected chi connectivity index (χ2v) is 18.2. The van der Waals surface area contributed by atoms with Crippen LogP contribution in [0.3, 0.4) is 0 Å². The molecule has 0 bridgehead atoms. The van der Waals surface area contributed by atoms with Gasteiger partial charge in [-0.3, -0.25) is 14.2 Å². The van der Waals surface area contributed by atoms with E-state index in [1.54, 1.807) is 21.0 Å². The van der Waals surface area contributed by atoms with Crippen molar-refractivity contribution < 1.29 is 47.7 Å². The number of hydrogen-bond acceptors (Lipinski definition) is 8. The third-order valence-corrected chi connectivity index (χ3v) is 12.7. The standard InChI is InChI=1S/C42H84NO9P/c1-6-8-10-12-14-16-18-20-22-24-26-28-30-32-41(46)50-36-39(37-51-53(48,49)38(3)43(4,5)35-34-40(44)45)52-42(47)33-31-29-27-25-23-21-19-17-15-13-11-9-7-2/h38-40,44-45H,6-37H2,1-5H3/p+1/t38?,39-/m1/s1. The summed E-state index contributed by atoms with van der Waals surface area (Å²) < 4.78 is 29.8. The second-order valence-electron chi connectivity index (χ2n) is 16.0. The molecule has 316 valence electrons. The van der Waals surface area contributed by atoms with Crippen molar-refractivity contribution in [3.8, 4) is 0 Å². The monoisotopic (exact) mass is 779 g/mol. The van der Waals surface area contributed by atoms with E-state index in [1.165, 1.54) is 122 Å². The Labute approximate surface area is 325 Å². The van der Waals surface area contributed by atoms with Crippen molar-refractivity contribution in [3.63, 3.8) is 0 Å². The molecule has 0 aromatic rings. The Kier molecular flexibility index (Phi) is 33.6. The molecule has 0 aliphatic carbocycles. The fourth-order valence-electron chi connectivity index (χ4n) is 6.52. The number of carbonyl (C=O) groups is 2. The summed E-state index contributed by atoms with van der Waals surface area (Å²) in [6.07, 6.45) is 29.5. The van der Waals surface area contributed by atoms with Gasteiger partial charge in [-0.05, 0) is 19.8 Å². The van der Waals surface area contributed by atoms with Crippen LogP contribution in [0.5, 0.6) is 0 Å². The van der Waals surface area contributed by atoms with Gasteiger partial charge in [0.15, 0.2) is 18.2 Å². The Morgan fingerprint density at radius 2 is 0.943 bits per heavy atom. The number of nitrogens with zero attached hydrogens (tertiary/aromatic N) is 1. The lowest BCUT2D eigenvalue weighted by Crippen LogP contribution is -2.49. The van der Waals surface area contributed by atoms with Crippen molar-refractivity contribution >= 4 is 19.5 Å². The number of ether oxygens (including phenoxy) is 2. The molecule has 0 saturated carbocycles. The maximum absolute atomic E-state index is 13.2. The zero-order valence-electron chi connectivity index (χ0n) is 35.0. The van der Waals surface area contributed by atoms with Crippen LogP contribution in [0.25, 0.3) is 0 Å². The largest absolute Gasteiger partial charge is 0.462 e. The van der Waals surface area contributed by atoms with Crippen LogP contribution >= 0.6 is 7.60 Å². The topological polar surface area (TPSA) is 140 Å². The fraction of sp³-hybridized carbons (Fsp3) is 0.952. The van der Waals surface area contributed by atoms with Gasteiger partial charge >= 0.3 is 19.5 Å². The summed E-state index contributed by atoms with van der Waals surface area (Å²) in [7, 11) is -0.802. The van der Waals surface area contributed by atoms with Crippen LogP contribution in [-0.2, 0) is 28.2 Å². The van der Waals surface area contributed by atoms with Crippen LogP contribution in [0.15, 0.2) is 0 Å². The predicted molar refractivity (Wildman–Crippen MR) is 217 cm³/mol. The molecular formula is C42H85NO9P+. The normalized spacial score (nSPS) is 14.3. The number of rotatable bonds is 39. The number of esters is 2. The molecule has 0 aromatic heterocycles. The molecule has 0 aliphatic rings. The van der Waals surface area contributed by atoms with Crippen LogP contribution in [0.4, 0.5) is 0 Å². The summed E-state index contributed by atoms with van der Waals surface area (Å²) >= 11 is 0. The van der Waals surface area contributed by atoms with E-state index in [0.29, 0.717) is 6.42 Å². The first kappa shape index (κ1) is 52.0. The minimum Gasteiger partial charge on any atom is -0.462 e. The zero-order chi connectivity index (χ0) is 39.6. The van der Waals surface area contributed by atoms with Crippen molar-refractivity contribution in [2.75, 3.05) is 33.9 Å². The van der Waals surface area contributed by atoms with Gasteiger partial charge in [-0.1, -0.05) is 168 Å². The molecular weight excluding hydrogens is 693 g/mol. The maximum atomic E-state index is 13.2. The Balaban J connectivity index is 4.64. The summed E-state index contributed by atoms with van der Waals surface area (Å²) in [4.78, 5) is 36.1. The minimum atomic E-state index is -4.23. The van der Waals surface area contributed by atoms with Crippen LogP contribution in [0.2, 0.25) is 0 Å². The first-order valence-electron chi connectivity index (χ1n) is 21.9. The molecule has 0 saturated heterocycles. The summed E-state index contributed by atoms with van der Waals surface area (Å²) in [6.45, 7) is 5.66. The molecule has 0 rings (SSSR count). The quantitative estimate of drug-likeness (QED) is 0.0183. The predicted octanol–water partition coefficient (Wildman–Crippen LogP) is 10.7. The van der Waals surface area contributed by atoms with Crippen LogP contribution < -0.4 is 0 Å². The van der Waals surface area contributed by atoms with Gasteiger partial charge in [0, 0.05) is 19.3 Å². The van der Waals surface area contributed by atoms with Gasteiger partial charge < -0.3 is 33.6 Å². The molecule has 10 nitrogen and oxygen atoms in total. The van der Waals surface area contributed by atoms with Crippen LogP contribution in [0.1, 0.15) is 207 Å². The lowest BCUT2D eigenvalue weighted by Gasteiger charge is -2.37. The Morgan fingerprint density at radius 3 is 1.32 bits per heavy atom. The first-order chi connectivity index (χ1) is 25.4. The number of hydrogen-bond donors (Lipinski definition) is 3. The van der Waals surface area contributed by atoms with Gasteiger partial charge in [0.05, 0.1) is 27.2 Å². The van der Waals surface area contributed by atoms with Crippen molar-refractivity contribution in [1.29, 1.82) is 0 Å². The van der Waals surface area contributed by atoms with E-state index in [2.05, 4.69) is 13.8 Å². The summed E-state index contributed by atoms with van der Waals surface area (Å²) in [5.41, 5.74) is 0. The van der Waals surface area contributed by atoms with Crippen molar-refractivity contribution in [3.05, 3.63) is 0 Å². The molecule has 0 aromatic carbocycles. The third kappa shape index (κ3) is 31.8. The molecule has 0 heterocycles. The van der Waals surface area contributed by atoms with E-state index >= 15 is 0 Å². The minimum absolute atomic E-state index is 0.0169. The van der Waals surface area contributed by atoms with Gasteiger partial charge in [-0.25, -0.2) is 0 Å². The summed E-state index contributed by atoms with van der Waals surface area (Å²) in [5, 5.41) is 18.6. The van der Waals surface area contributed by atoms with Gasteiger partial charge in [0.1, 0.15) is 6.61 Å². The highest BCUT2D eigenvalue weighted by Gasteiger charge is 2.42. The van der Waals surface area contributed by atoms with Gasteiger partial charge in [-0.15, -0.1) is 0 Å². The van der Waals surface area contributed by atoms with Crippen molar-refractivity contribution in [2.45, 2.75) is 225 Å². The Bertz CT molecular complexity index is 917. The molecule has 0 fully saturated rings. The van der Waals surface area contributed by atoms with E-state index in [1.807, 2.05) is 0 Å². The number of unbranched alkanes of at least 4 members (excludes halogenated alkanes) is 24. The lowest BCUT2D eigenvalue weighted by molar-refractivity contribution is -0.901. The third-order valence-electron chi connectivity index (χ3n) is 10.6. The Hall–Kier alpha value is -1.03. The van der Waals surface area contributed by atoms with E-state index in [4.69, 9.17) is 14.0 Å². The molecule has 3 atom stereocenters. The molecule has 0 aliphatic heterocycles. The molecule has 2 unspecified atom stereocenters. The molecule has 0 amide bonds. The summed E-state index contributed by atoms with van der Waals surface area (Å²) in [6, 6.07) is 0. The van der Waals surface area contributed by atoms with Gasteiger partial charge in [0.2, 0.25) is 0 Å². The lowest BCUT2D eigenvalue weighted by atomic mass is 10.0. The fourth-order valence-corrected chi connectivity index (χ4v) is 8.02. The highest BCUT2D eigenvalue weighted by molar-refractivity contribution is 7.53.